The lowest BCUT2D eigenvalue weighted by atomic mass is 10.0. The van der Waals surface area contributed by atoms with Gasteiger partial charge in [-0.3, -0.25) is 4.90 Å². The van der Waals surface area contributed by atoms with E-state index in [0.717, 1.165) is 19.5 Å². The van der Waals surface area contributed by atoms with Crippen molar-refractivity contribution in [2.75, 3.05) is 13.1 Å². The molecule has 0 aliphatic heterocycles. The minimum atomic E-state index is 0.314. The van der Waals surface area contributed by atoms with Crippen molar-refractivity contribution in [3.63, 3.8) is 0 Å². The SMILES string of the molecule is CC(Cc1ccc(O)cc1)N(CCN)Cc1ccccc1. The third-order valence-corrected chi connectivity index (χ3v) is 3.74. The maximum Gasteiger partial charge on any atom is 0.115 e. The van der Waals surface area contributed by atoms with Gasteiger partial charge in [0.05, 0.1) is 0 Å². The lowest BCUT2D eigenvalue weighted by Crippen LogP contribution is -2.37. The Morgan fingerprint density at radius 3 is 2.29 bits per heavy atom. The highest BCUT2D eigenvalue weighted by molar-refractivity contribution is 5.26. The van der Waals surface area contributed by atoms with E-state index in [9.17, 15) is 5.11 Å². The number of nitrogens with two attached hydrogens (primary N) is 1. The second-order valence-electron chi connectivity index (χ2n) is 5.46. The molecule has 0 fully saturated rings. The molecule has 3 heteroatoms. The van der Waals surface area contributed by atoms with Crippen LogP contribution in [0.1, 0.15) is 18.1 Å². The van der Waals surface area contributed by atoms with Gasteiger partial charge in [0.1, 0.15) is 5.75 Å². The highest BCUT2D eigenvalue weighted by atomic mass is 16.3. The third-order valence-electron chi connectivity index (χ3n) is 3.74. The summed E-state index contributed by atoms with van der Waals surface area (Å²) in [5, 5.41) is 9.35. The van der Waals surface area contributed by atoms with Gasteiger partial charge in [0, 0.05) is 25.7 Å². The van der Waals surface area contributed by atoms with Gasteiger partial charge in [0.2, 0.25) is 0 Å². The molecule has 0 aliphatic rings. The summed E-state index contributed by atoms with van der Waals surface area (Å²) < 4.78 is 0. The topological polar surface area (TPSA) is 49.5 Å². The van der Waals surface area contributed by atoms with Crippen LogP contribution in [0, 0.1) is 0 Å². The van der Waals surface area contributed by atoms with Crippen LogP contribution in [0.2, 0.25) is 0 Å². The average Bonchev–Trinajstić information content (AvgIpc) is 2.50. The Morgan fingerprint density at radius 2 is 1.67 bits per heavy atom. The zero-order chi connectivity index (χ0) is 15.1. The van der Waals surface area contributed by atoms with Crippen molar-refractivity contribution in [1.82, 2.24) is 4.90 Å². The Bertz CT molecular complexity index is 525. The summed E-state index contributed by atoms with van der Waals surface area (Å²) in [5.41, 5.74) is 8.30. The van der Waals surface area contributed by atoms with E-state index in [1.165, 1.54) is 11.1 Å². The van der Waals surface area contributed by atoms with Crippen molar-refractivity contribution in [3.05, 3.63) is 65.7 Å². The van der Waals surface area contributed by atoms with E-state index < -0.39 is 0 Å². The number of benzene rings is 2. The van der Waals surface area contributed by atoms with Crippen molar-refractivity contribution >= 4 is 0 Å². The van der Waals surface area contributed by atoms with Crippen LogP contribution >= 0.6 is 0 Å². The molecule has 3 N–H and O–H groups in total. The van der Waals surface area contributed by atoms with Crippen LogP contribution < -0.4 is 5.73 Å². The van der Waals surface area contributed by atoms with Gasteiger partial charge < -0.3 is 10.8 Å². The Kier molecular flexibility index (Phi) is 5.78. The minimum Gasteiger partial charge on any atom is -0.508 e. The van der Waals surface area contributed by atoms with Crippen molar-refractivity contribution in [2.45, 2.75) is 25.9 Å². The summed E-state index contributed by atoms with van der Waals surface area (Å²) in [5.74, 6) is 0.314. The van der Waals surface area contributed by atoms with Gasteiger partial charge >= 0.3 is 0 Å². The molecule has 0 radical (unpaired) electrons. The molecule has 3 nitrogen and oxygen atoms in total. The van der Waals surface area contributed by atoms with Gasteiger partial charge in [0.25, 0.3) is 0 Å². The largest absolute Gasteiger partial charge is 0.508 e. The standard InChI is InChI=1S/C18H24N2O/c1-15(13-16-7-9-18(21)10-8-16)20(12-11-19)14-17-5-3-2-4-6-17/h2-10,15,21H,11-14,19H2,1H3. The molecule has 0 aliphatic carbocycles. The van der Waals surface area contributed by atoms with Crippen molar-refractivity contribution in [2.24, 2.45) is 5.73 Å². The summed E-state index contributed by atoms with van der Waals surface area (Å²) in [4.78, 5) is 2.40. The smallest absolute Gasteiger partial charge is 0.115 e. The minimum absolute atomic E-state index is 0.314. The molecule has 0 saturated heterocycles. The number of aromatic hydroxyl groups is 1. The molecule has 21 heavy (non-hydrogen) atoms. The van der Waals surface area contributed by atoms with Gasteiger partial charge in [0.15, 0.2) is 0 Å². The molecule has 2 aromatic rings. The van der Waals surface area contributed by atoms with Gasteiger partial charge in [-0.2, -0.15) is 0 Å². The van der Waals surface area contributed by atoms with Crippen LogP contribution in [0.4, 0.5) is 0 Å². The van der Waals surface area contributed by atoms with E-state index in [1.807, 2.05) is 18.2 Å². The summed E-state index contributed by atoms with van der Waals surface area (Å²) in [6.45, 7) is 4.68. The summed E-state index contributed by atoms with van der Waals surface area (Å²) >= 11 is 0. The van der Waals surface area contributed by atoms with Gasteiger partial charge in [-0.25, -0.2) is 0 Å². The third kappa shape index (κ3) is 4.88. The first-order valence-electron chi connectivity index (χ1n) is 7.45. The highest BCUT2D eigenvalue weighted by Crippen LogP contribution is 2.15. The van der Waals surface area contributed by atoms with Crippen molar-refractivity contribution < 1.29 is 5.11 Å². The Balaban J connectivity index is 2.01. The predicted octanol–water partition coefficient (Wildman–Crippen LogP) is 2.78. The van der Waals surface area contributed by atoms with E-state index in [0.29, 0.717) is 18.3 Å². The van der Waals surface area contributed by atoms with Crippen LogP contribution in [-0.4, -0.2) is 29.1 Å². The molecule has 1 unspecified atom stereocenters. The fourth-order valence-corrected chi connectivity index (χ4v) is 2.54. The molecule has 2 aromatic carbocycles. The lowest BCUT2D eigenvalue weighted by molar-refractivity contribution is 0.204. The first-order valence-corrected chi connectivity index (χ1v) is 7.45. The Morgan fingerprint density at radius 1 is 1.00 bits per heavy atom. The van der Waals surface area contributed by atoms with Crippen molar-refractivity contribution in [1.29, 1.82) is 0 Å². The fourth-order valence-electron chi connectivity index (χ4n) is 2.54. The maximum absolute atomic E-state index is 9.35. The average molecular weight is 284 g/mol. The molecular formula is C18H24N2O. The van der Waals surface area contributed by atoms with Crippen molar-refractivity contribution in [3.8, 4) is 5.75 Å². The van der Waals surface area contributed by atoms with E-state index in [-0.39, 0.29) is 0 Å². The maximum atomic E-state index is 9.35. The van der Waals surface area contributed by atoms with E-state index in [1.54, 1.807) is 12.1 Å². The molecule has 0 aromatic heterocycles. The second-order valence-corrected chi connectivity index (χ2v) is 5.46. The molecule has 2 rings (SSSR count). The molecule has 0 saturated carbocycles. The number of hydrogen-bond donors (Lipinski definition) is 2. The second kappa shape index (κ2) is 7.81. The van der Waals surface area contributed by atoms with Crippen LogP contribution in [0.5, 0.6) is 5.75 Å². The zero-order valence-corrected chi connectivity index (χ0v) is 12.6. The molecule has 1 atom stereocenters. The zero-order valence-electron chi connectivity index (χ0n) is 12.6. The number of phenolic OH excluding ortho intramolecular Hbond substituents is 1. The Hall–Kier alpha value is -1.84. The Labute approximate surface area is 127 Å². The molecule has 0 amide bonds. The normalized spacial score (nSPS) is 12.5. The first kappa shape index (κ1) is 15.5. The summed E-state index contributed by atoms with van der Waals surface area (Å²) in [7, 11) is 0. The van der Waals surface area contributed by atoms with Crippen LogP contribution in [0.15, 0.2) is 54.6 Å². The monoisotopic (exact) mass is 284 g/mol. The molecule has 0 spiro atoms. The number of nitrogens with zero attached hydrogens (tertiary/aromatic N) is 1. The molecular weight excluding hydrogens is 260 g/mol. The molecule has 112 valence electrons. The number of rotatable bonds is 7. The molecule has 0 bridgehead atoms. The van der Waals surface area contributed by atoms with Gasteiger partial charge in [-0.05, 0) is 36.6 Å². The molecule has 0 heterocycles. The summed E-state index contributed by atoms with van der Waals surface area (Å²) in [6.07, 6.45) is 0.952. The predicted molar refractivity (Wildman–Crippen MR) is 87.2 cm³/mol. The quantitative estimate of drug-likeness (QED) is 0.822. The number of hydrogen-bond acceptors (Lipinski definition) is 3. The van der Waals surface area contributed by atoms with Crippen LogP contribution in [-0.2, 0) is 13.0 Å². The summed E-state index contributed by atoms with van der Waals surface area (Å²) in [6, 6.07) is 18.3. The highest BCUT2D eigenvalue weighted by Gasteiger charge is 2.14. The van der Waals surface area contributed by atoms with E-state index in [4.69, 9.17) is 5.73 Å². The van der Waals surface area contributed by atoms with Crippen LogP contribution in [0.25, 0.3) is 0 Å². The first-order chi connectivity index (χ1) is 10.2. The lowest BCUT2D eigenvalue weighted by Gasteiger charge is -2.29. The number of phenols is 1. The van der Waals surface area contributed by atoms with Gasteiger partial charge in [-0.1, -0.05) is 42.5 Å². The van der Waals surface area contributed by atoms with E-state index in [2.05, 4.69) is 36.1 Å². The van der Waals surface area contributed by atoms with Gasteiger partial charge in [-0.15, -0.1) is 0 Å². The van der Waals surface area contributed by atoms with E-state index >= 15 is 0 Å². The fraction of sp³-hybridized carbons (Fsp3) is 0.333. The van der Waals surface area contributed by atoms with Crippen LogP contribution in [0.3, 0.4) is 0 Å².